The summed E-state index contributed by atoms with van der Waals surface area (Å²) in [6, 6.07) is 5.16. The zero-order valence-corrected chi connectivity index (χ0v) is 9.91. The number of esters is 1. The van der Waals surface area contributed by atoms with Crippen molar-refractivity contribution in [1.29, 1.82) is 0 Å². The molecule has 0 unspecified atom stereocenters. The minimum atomic E-state index is -0.462. The Bertz CT molecular complexity index is 394. The standard InChI is InChI=1S/C12H18N2O2/c1-12(2,3)16-11(15)7-8-4-5-9(13)10(14)6-8/h4-6H,7,13-14H2,1-3H3. The number of nitrogen functional groups attached to an aromatic ring is 2. The number of carbonyl (C=O) groups excluding carboxylic acids is 1. The van der Waals surface area contributed by atoms with Crippen LogP contribution in [0.5, 0.6) is 0 Å². The maximum atomic E-state index is 11.5. The highest BCUT2D eigenvalue weighted by Gasteiger charge is 2.16. The second-order valence-corrected chi connectivity index (χ2v) is 4.73. The number of carbonyl (C=O) groups is 1. The second-order valence-electron chi connectivity index (χ2n) is 4.73. The Morgan fingerprint density at radius 3 is 2.38 bits per heavy atom. The lowest BCUT2D eigenvalue weighted by Gasteiger charge is -2.19. The Balaban J connectivity index is 2.67. The summed E-state index contributed by atoms with van der Waals surface area (Å²) in [4.78, 5) is 11.5. The highest BCUT2D eigenvalue weighted by molar-refractivity contribution is 5.74. The molecule has 4 N–H and O–H groups in total. The molecule has 0 aliphatic heterocycles. The maximum absolute atomic E-state index is 11.5. The first-order valence-electron chi connectivity index (χ1n) is 5.13. The van der Waals surface area contributed by atoms with Crippen molar-refractivity contribution in [1.82, 2.24) is 0 Å². The Hall–Kier alpha value is -1.71. The van der Waals surface area contributed by atoms with Crippen LogP contribution in [-0.2, 0) is 16.0 Å². The van der Waals surface area contributed by atoms with Gasteiger partial charge in [0.05, 0.1) is 17.8 Å². The summed E-state index contributed by atoms with van der Waals surface area (Å²) in [7, 11) is 0. The highest BCUT2D eigenvalue weighted by atomic mass is 16.6. The Morgan fingerprint density at radius 2 is 1.88 bits per heavy atom. The smallest absolute Gasteiger partial charge is 0.310 e. The van der Waals surface area contributed by atoms with Gasteiger partial charge in [0.25, 0.3) is 0 Å². The molecule has 1 aromatic carbocycles. The summed E-state index contributed by atoms with van der Waals surface area (Å²) in [6.07, 6.45) is 0.210. The molecule has 0 bridgehead atoms. The Kier molecular flexibility index (Phi) is 3.42. The molecule has 0 saturated carbocycles. The normalized spacial score (nSPS) is 11.2. The molecular weight excluding hydrogens is 204 g/mol. The number of rotatable bonds is 2. The quantitative estimate of drug-likeness (QED) is 0.590. The van der Waals surface area contributed by atoms with E-state index in [1.165, 1.54) is 0 Å². The third-order valence-corrected chi connectivity index (χ3v) is 1.92. The van der Waals surface area contributed by atoms with Crippen molar-refractivity contribution < 1.29 is 9.53 Å². The molecule has 0 heterocycles. The topological polar surface area (TPSA) is 78.3 Å². The van der Waals surface area contributed by atoms with Gasteiger partial charge in [0.1, 0.15) is 5.60 Å². The molecule has 0 aromatic heterocycles. The lowest BCUT2D eigenvalue weighted by Crippen LogP contribution is -2.24. The van der Waals surface area contributed by atoms with Gasteiger partial charge in [0.2, 0.25) is 0 Å². The summed E-state index contributed by atoms with van der Waals surface area (Å²) in [5.41, 5.74) is 12.6. The number of benzene rings is 1. The van der Waals surface area contributed by atoms with Gasteiger partial charge < -0.3 is 16.2 Å². The molecule has 0 spiro atoms. The number of nitrogens with two attached hydrogens (primary N) is 2. The third-order valence-electron chi connectivity index (χ3n) is 1.92. The van der Waals surface area contributed by atoms with Gasteiger partial charge in [-0.3, -0.25) is 4.79 Å². The molecule has 1 rings (SSSR count). The molecule has 0 atom stereocenters. The molecular formula is C12H18N2O2. The molecule has 4 heteroatoms. The monoisotopic (exact) mass is 222 g/mol. The van der Waals surface area contributed by atoms with Gasteiger partial charge in [0, 0.05) is 0 Å². The molecule has 1 aromatic rings. The predicted molar refractivity (Wildman–Crippen MR) is 64.8 cm³/mol. The summed E-state index contributed by atoms with van der Waals surface area (Å²) in [6.45, 7) is 5.51. The van der Waals surface area contributed by atoms with E-state index < -0.39 is 5.60 Å². The van der Waals surface area contributed by atoms with Gasteiger partial charge in [-0.15, -0.1) is 0 Å². The SMILES string of the molecule is CC(C)(C)OC(=O)Cc1ccc(N)c(N)c1. The number of hydrogen-bond acceptors (Lipinski definition) is 4. The molecule has 0 radical (unpaired) electrons. The van der Waals surface area contributed by atoms with E-state index in [9.17, 15) is 4.79 Å². The summed E-state index contributed by atoms with van der Waals surface area (Å²) < 4.78 is 5.20. The van der Waals surface area contributed by atoms with Crippen molar-refractivity contribution in [2.45, 2.75) is 32.8 Å². The lowest BCUT2D eigenvalue weighted by molar-refractivity contribution is -0.153. The fourth-order valence-electron chi connectivity index (χ4n) is 1.28. The van der Waals surface area contributed by atoms with E-state index >= 15 is 0 Å². The molecule has 0 aliphatic carbocycles. The fraction of sp³-hybridized carbons (Fsp3) is 0.417. The van der Waals surface area contributed by atoms with E-state index in [2.05, 4.69) is 0 Å². The van der Waals surface area contributed by atoms with Crippen LogP contribution >= 0.6 is 0 Å². The molecule has 0 fully saturated rings. The molecule has 4 nitrogen and oxygen atoms in total. The van der Waals surface area contributed by atoms with Crippen molar-refractivity contribution in [3.8, 4) is 0 Å². The van der Waals surface area contributed by atoms with Crippen molar-refractivity contribution in [2.24, 2.45) is 0 Å². The Morgan fingerprint density at radius 1 is 1.25 bits per heavy atom. The van der Waals surface area contributed by atoms with E-state index in [1.807, 2.05) is 20.8 Å². The average molecular weight is 222 g/mol. The van der Waals surface area contributed by atoms with Crippen LogP contribution in [0.2, 0.25) is 0 Å². The van der Waals surface area contributed by atoms with E-state index in [4.69, 9.17) is 16.2 Å². The first-order chi connectivity index (χ1) is 7.28. The van der Waals surface area contributed by atoms with E-state index in [-0.39, 0.29) is 12.4 Å². The number of anilines is 2. The summed E-state index contributed by atoms with van der Waals surface area (Å²) in [5.74, 6) is -0.267. The average Bonchev–Trinajstić information content (AvgIpc) is 2.08. The van der Waals surface area contributed by atoms with Crippen LogP contribution in [0, 0.1) is 0 Å². The largest absolute Gasteiger partial charge is 0.460 e. The second kappa shape index (κ2) is 4.43. The van der Waals surface area contributed by atoms with Gasteiger partial charge in [-0.2, -0.15) is 0 Å². The lowest BCUT2D eigenvalue weighted by atomic mass is 10.1. The van der Waals surface area contributed by atoms with Crippen LogP contribution in [0.15, 0.2) is 18.2 Å². The minimum Gasteiger partial charge on any atom is -0.460 e. The highest BCUT2D eigenvalue weighted by Crippen LogP contribution is 2.17. The number of ether oxygens (including phenoxy) is 1. The van der Waals surface area contributed by atoms with Crippen LogP contribution in [0.25, 0.3) is 0 Å². The van der Waals surface area contributed by atoms with E-state index in [0.29, 0.717) is 11.4 Å². The number of hydrogen-bond donors (Lipinski definition) is 2. The first kappa shape index (κ1) is 12.4. The third kappa shape index (κ3) is 3.81. The van der Waals surface area contributed by atoms with Crippen LogP contribution in [-0.4, -0.2) is 11.6 Å². The Labute approximate surface area is 95.6 Å². The summed E-state index contributed by atoms with van der Waals surface area (Å²) in [5, 5.41) is 0. The van der Waals surface area contributed by atoms with Crippen molar-refractivity contribution >= 4 is 17.3 Å². The first-order valence-corrected chi connectivity index (χ1v) is 5.13. The van der Waals surface area contributed by atoms with Crippen molar-refractivity contribution in [3.63, 3.8) is 0 Å². The molecule has 0 amide bonds. The fourth-order valence-corrected chi connectivity index (χ4v) is 1.28. The molecule has 0 saturated heterocycles. The van der Waals surface area contributed by atoms with Gasteiger partial charge in [-0.05, 0) is 38.5 Å². The van der Waals surface area contributed by atoms with Crippen LogP contribution in [0.1, 0.15) is 26.3 Å². The van der Waals surface area contributed by atoms with Crippen LogP contribution in [0.4, 0.5) is 11.4 Å². The molecule has 0 aliphatic rings. The van der Waals surface area contributed by atoms with Gasteiger partial charge in [0.15, 0.2) is 0 Å². The van der Waals surface area contributed by atoms with Crippen LogP contribution in [0.3, 0.4) is 0 Å². The zero-order valence-electron chi connectivity index (χ0n) is 9.91. The summed E-state index contributed by atoms with van der Waals surface area (Å²) >= 11 is 0. The minimum absolute atomic E-state index is 0.210. The van der Waals surface area contributed by atoms with Gasteiger partial charge >= 0.3 is 5.97 Å². The van der Waals surface area contributed by atoms with Gasteiger partial charge in [-0.25, -0.2) is 0 Å². The zero-order chi connectivity index (χ0) is 12.3. The van der Waals surface area contributed by atoms with E-state index in [1.54, 1.807) is 18.2 Å². The molecule has 16 heavy (non-hydrogen) atoms. The maximum Gasteiger partial charge on any atom is 0.310 e. The predicted octanol–water partition coefficient (Wildman–Crippen LogP) is 1.74. The molecule has 88 valence electrons. The van der Waals surface area contributed by atoms with Gasteiger partial charge in [-0.1, -0.05) is 6.07 Å². The van der Waals surface area contributed by atoms with Crippen molar-refractivity contribution in [3.05, 3.63) is 23.8 Å². The van der Waals surface area contributed by atoms with Crippen molar-refractivity contribution in [2.75, 3.05) is 11.5 Å². The van der Waals surface area contributed by atoms with E-state index in [0.717, 1.165) is 5.56 Å². The van der Waals surface area contributed by atoms with Crippen LogP contribution < -0.4 is 11.5 Å².